The van der Waals surface area contributed by atoms with Crippen molar-refractivity contribution in [2.24, 2.45) is 7.05 Å². The number of nitrogen functional groups attached to an aromatic ring is 1. The van der Waals surface area contributed by atoms with Crippen LogP contribution in [-0.2, 0) is 16.9 Å². The molecule has 2 rings (SSSR count). The summed E-state index contributed by atoms with van der Waals surface area (Å²) >= 11 is 0. The molecule has 1 aromatic rings. The van der Waals surface area contributed by atoms with Crippen molar-refractivity contribution in [1.29, 1.82) is 0 Å². The van der Waals surface area contributed by atoms with Gasteiger partial charge in [-0.2, -0.15) is 0 Å². The van der Waals surface area contributed by atoms with Crippen molar-refractivity contribution in [2.75, 3.05) is 30.3 Å². The van der Waals surface area contributed by atoms with Gasteiger partial charge < -0.3 is 15.2 Å². The molecular formula is C10H15N3O3S. The monoisotopic (exact) mass is 257 g/mol. The lowest BCUT2D eigenvalue weighted by Crippen LogP contribution is -2.44. The molecule has 0 aliphatic carbocycles. The highest BCUT2D eigenvalue weighted by Gasteiger charge is 2.26. The van der Waals surface area contributed by atoms with Crippen LogP contribution in [0, 0.1) is 0 Å². The van der Waals surface area contributed by atoms with Crippen molar-refractivity contribution in [2.45, 2.75) is 0 Å². The molecule has 1 fully saturated rings. The fourth-order valence-electron chi connectivity index (χ4n) is 1.88. The molecule has 1 saturated heterocycles. The fourth-order valence-corrected chi connectivity index (χ4v) is 3.08. The average Bonchev–Trinajstić information content (AvgIpc) is 2.57. The third-order valence-electron chi connectivity index (χ3n) is 2.88. The summed E-state index contributed by atoms with van der Waals surface area (Å²) in [5, 5.41) is 0. The van der Waals surface area contributed by atoms with Crippen LogP contribution >= 0.6 is 0 Å². The molecule has 0 saturated carbocycles. The third kappa shape index (κ3) is 2.44. The maximum absolute atomic E-state index is 12.1. The molecule has 0 spiro atoms. The molecule has 0 aromatic carbocycles. The molecule has 2 N–H and O–H groups in total. The molecule has 17 heavy (non-hydrogen) atoms. The SMILES string of the molecule is Cn1cc(N)cc1C(=O)N1CCS(=O)(=O)CC1. The van der Waals surface area contributed by atoms with E-state index < -0.39 is 9.84 Å². The standard InChI is InChI=1S/C10H15N3O3S/c1-12-7-8(11)6-9(12)10(14)13-2-4-17(15,16)5-3-13/h6-7H,2-5,11H2,1H3. The van der Waals surface area contributed by atoms with Gasteiger partial charge in [0.1, 0.15) is 5.69 Å². The number of nitrogens with two attached hydrogens (primary N) is 1. The van der Waals surface area contributed by atoms with E-state index in [1.54, 1.807) is 28.8 Å². The Morgan fingerprint density at radius 3 is 2.41 bits per heavy atom. The molecule has 1 aliphatic heterocycles. The first-order valence-electron chi connectivity index (χ1n) is 5.30. The number of aryl methyl sites for hydroxylation is 1. The van der Waals surface area contributed by atoms with Crippen LogP contribution in [0.15, 0.2) is 12.3 Å². The average molecular weight is 257 g/mol. The van der Waals surface area contributed by atoms with Crippen LogP contribution in [-0.4, -0.2) is 48.4 Å². The van der Waals surface area contributed by atoms with E-state index in [9.17, 15) is 13.2 Å². The smallest absolute Gasteiger partial charge is 0.270 e. The van der Waals surface area contributed by atoms with Crippen molar-refractivity contribution >= 4 is 21.4 Å². The summed E-state index contributed by atoms with van der Waals surface area (Å²) in [7, 11) is -1.22. The summed E-state index contributed by atoms with van der Waals surface area (Å²) in [5.41, 5.74) is 6.62. The Hall–Kier alpha value is -1.50. The van der Waals surface area contributed by atoms with E-state index in [2.05, 4.69) is 0 Å². The van der Waals surface area contributed by atoms with E-state index in [-0.39, 0.29) is 30.5 Å². The van der Waals surface area contributed by atoms with E-state index in [0.717, 1.165) is 0 Å². The summed E-state index contributed by atoms with van der Waals surface area (Å²) in [4.78, 5) is 13.7. The van der Waals surface area contributed by atoms with Gasteiger partial charge in [0.15, 0.2) is 9.84 Å². The highest BCUT2D eigenvalue weighted by Crippen LogP contribution is 2.13. The Kier molecular flexibility index (Phi) is 2.86. The molecule has 7 heteroatoms. The van der Waals surface area contributed by atoms with Crippen molar-refractivity contribution in [3.05, 3.63) is 18.0 Å². The molecule has 2 heterocycles. The number of aromatic nitrogens is 1. The van der Waals surface area contributed by atoms with Crippen LogP contribution in [0.25, 0.3) is 0 Å². The number of sulfone groups is 1. The van der Waals surface area contributed by atoms with Crippen molar-refractivity contribution in [3.63, 3.8) is 0 Å². The molecule has 1 amide bonds. The summed E-state index contributed by atoms with van der Waals surface area (Å²) < 4.78 is 24.2. The molecule has 0 atom stereocenters. The fraction of sp³-hybridized carbons (Fsp3) is 0.500. The minimum absolute atomic E-state index is 0.0403. The molecule has 0 unspecified atom stereocenters. The van der Waals surface area contributed by atoms with Crippen LogP contribution in [0.3, 0.4) is 0 Å². The first kappa shape index (κ1) is 12.0. The second-order valence-electron chi connectivity index (χ2n) is 4.21. The zero-order chi connectivity index (χ0) is 12.6. The summed E-state index contributed by atoms with van der Waals surface area (Å²) in [5.74, 6) is -0.0869. The van der Waals surface area contributed by atoms with E-state index in [0.29, 0.717) is 11.4 Å². The number of nitrogens with zero attached hydrogens (tertiary/aromatic N) is 2. The summed E-state index contributed by atoms with van der Waals surface area (Å²) in [6.45, 7) is 0.512. The number of hydrogen-bond donors (Lipinski definition) is 1. The Bertz CT molecular complexity index is 533. The summed E-state index contributed by atoms with van der Waals surface area (Å²) in [6, 6.07) is 1.60. The van der Waals surface area contributed by atoms with Gasteiger partial charge in [0, 0.05) is 26.3 Å². The number of anilines is 1. The van der Waals surface area contributed by atoms with E-state index in [1.165, 1.54) is 0 Å². The predicted octanol–water partition coefficient (Wildman–Crippen LogP) is -0.522. The minimum atomic E-state index is -2.96. The molecule has 0 bridgehead atoms. The molecule has 1 aromatic heterocycles. The van der Waals surface area contributed by atoms with Gasteiger partial charge in [0.25, 0.3) is 5.91 Å². The Morgan fingerprint density at radius 2 is 1.94 bits per heavy atom. The van der Waals surface area contributed by atoms with Crippen LogP contribution < -0.4 is 5.73 Å². The minimum Gasteiger partial charge on any atom is -0.397 e. The van der Waals surface area contributed by atoms with Crippen molar-refractivity contribution in [1.82, 2.24) is 9.47 Å². The second-order valence-corrected chi connectivity index (χ2v) is 6.52. The molecule has 94 valence electrons. The van der Waals surface area contributed by atoms with Gasteiger partial charge in [-0.25, -0.2) is 8.42 Å². The third-order valence-corrected chi connectivity index (χ3v) is 4.49. The number of rotatable bonds is 1. The van der Waals surface area contributed by atoms with Gasteiger partial charge in [-0.1, -0.05) is 0 Å². The highest BCUT2D eigenvalue weighted by molar-refractivity contribution is 7.91. The number of carbonyl (C=O) groups is 1. The van der Waals surface area contributed by atoms with E-state index in [1.807, 2.05) is 0 Å². The zero-order valence-corrected chi connectivity index (χ0v) is 10.4. The van der Waals surface area contributed by atoms with E-state index in [4.69, 9.17) is 5.73 Å². The lowest BCUT2D eigenvalue weighted by Gasteiger charge is -2.26. The van der Waals surface area contributed by atoms with Gasteiger partial charge in [-0.15, -0.1) is 0 Å². The predicted molar refractivity (Wildman–Crippen MR) is 64.4 cm³/mol. The molecule has 0 radical (unpaired) electrons. The maximum Gasteiger partial charge on any atom is 0.270 e. The van der Waals surface area contributed by atoms with Gasteiger partial charge in [-0.3, -0.25) is 4.79 Å². The number of amides is 1. The Balaban J connectivity index is 2.14. The van der Waals surface area contributed by atoms with Crippen LogP contribution in [0.2, 0.25) is 0 Å². The first-order valence-corrected chi connectivity index (χ1v) is 7.13. The van der Waals surface area contributed by atoms with Gasteiger partial charge in [0.2, 0.25) is 0 Å². The number of hydrogen-bond acceptors (Lipinski definition) is 4. The normalized spacial score (nSPS) is 19.2. The lowest BCUT2D eigenvalue weighted by atomic mass is 10.3. The lowest BCUT2D eigenvalue weighted by molar-refractivity contribution is 0.0761. The highest BCUT2D eigenvalue weighted by atomic mass is 32.2. The van der Waals surface area contributed by atoms with Gasteiger partial charge in [-0.05, 0) is 6.07 Å². The van der Waals surface area contributed by atoms with Gasteiger partial charge >= 0.3 is 0 Å². The van der Waals surface area contributed by atoms with Crippen LogP contribution in [0.1, 0.15) is 10.5 Å². The number of carbonyl (C=O) groups excluding carboxylic acids is 1. The quantitative estimate of drug-likeness (QED) is 0.733. The zero-order valence-electron chi connectivity index (χ0n) is 9.59. The molecular weight excluding hydrogens is 242 g/mol. The molecule has 6 nitrogen and oxygen atoms in total. The Labute approximate surface area is 99.9 Å². The van der Waals surface area contributed by atoms with E-state index >= 15 is 0 Å². The van der Waals surface area contributed by atoms with Gasteiger partial charge in [0.05, 0.1) is 17.2 Å². The summed E-state index contributed by atoms with van der Waals surface area (Å²) in [6.07, 6.45) is 1.66. The molecule has 1 aliphatic rings. The maximum atomic E-state index is 12.1. The Morgan fingerprint density at radius 1 is 1.35 bits per heavy atom. The topological polar surface area (TPSA) is 85.4 Å². The van der Waals surface area contributed by atoms with Crippen LogP contribution in [0.5, 0.6) is 0 Å². The largest absolute Gasteiger partial charge is 0.397 e. The van der Waals surface area contributed by atoms with Crippen LogP contribution in [0.4, 0.5) is 5.69 Å². The first-order chi connectivity index (χ1) is 7.89. The van der Waals surface area contributed by atoms with Crippen molar-refractivity contribution in [3.8, 4) is 0 Å². The van der Waals surface area contributed by atoms with Crippen molar-refractivity contribution < 1.29 is 13.2 Å². The second kappa shape index (κ2) is 4.06.